The van der Waals surface area contributed by atoms with Crippen LogP contribution in [0, 0.1) is 6.92 Å². The van der Waals surface area contributed by atoms with Crippen molar-refractivity contribution in [3.05, 3.63) is 65.3 Å². The Morgan fingerprint density at radius 1 is 1.05 bits per heavy atom. The van der Waals surface area contributed by atoms with Crippen LogP contribution in [0.2, 0.25) is 5.02 Å². The summed E-state index contributed by atoms with van der Waals surface area (Å²) in [5.74, 6) is 0. The largest absolute Gasteiger partial charge is 0.323 e. The van der Waals surface area contributed by atoms with Gasteiger partial charge in [0.2, 0.25) is 0 Å². The molecular weight excluding hydrogens is 298 g/mol. The van der Waals surface area contributed by atoms with Crippen LogP contribution in [0.15, 0.2) is 54.7 Å². The van der Waals surface area contributed by atoms with Gasteiger partial charge in [-0.15, -0.1) is 0 Å². The van der Waals surface area contributed by atoms with E-state index in [0.717, 1.165) is 16.5 Å². The minimum absolute atomic E-state index is 0.336. The molecule has 0 aliphatic carbocycles. The summed E-state index contributed by atoms with van der Waals surface area (Å²) in [6.45, 7) is 1.91. The van der Waals surface area contributed by atoms with E-state index in [1.165, 1.54) is 0 Å². The van der Waals surface area contributed by atoms with Gasteiger partial charge in [-0.2, -0.15) is 0 Å². The lowest BCUT2D eigenvalue weighted by Crippen LogP contribution is -2.19. The molecule has 2 N–H and O–H groups in total. The Morgan fingerprint density at radius 2 is 1.82 bits per heavy atom. The van der Waals surface area contributed by atoms with Gasteiger partial charge in [-0.3, -0.25) is 4.98 Å². The number of halogens is 1. The number of fused-ring (bicyclic) bond motifs is 1. The van der Waals surface area contributed by atoms with Crippen LogP contribution >= 0.6 is 11.6 Å². The molecule has 0 saturated carbocycles. The molecule has 0 bridgehead atoms. The molecule has 1 aromatic heterocycles. The lowest BCUT2D eigenvalue weighted by Gasteiger charge is -2.09. The summed E-state index contributed by atoms with van der Waals surface area (Å²) in [5, 5.41) is 7.09. The average Bonchev–Trinajstić information content (AvgIpc) is 2.51. The maximum atomic E-state index is 12.0. The van der Waals surface area contributed by atoms with E-state index in [1.54, 1.807) is 18.3 Å². The number of urea groups is 1. The second-order valence-corrected chi connectivity index (χ2v) is 5.37. The lowest BCUT2D eigenvalue weighted by atomic mass is 10.2. The van der Waals surface area contributed by atoms with Gasteiger partial charge in [0.05, 0.1) is 17.4 Å². The predicted molar refractivity (Wildman–Crippen MR) is 90.6 cm³/mol. The number of carbonyl (C=O) groups is 1. The number of aryl methyl sites for hydroxylation is 1. The normalized spacial score (nSPS) is 10.5. The Bertz CT molecular complexity index is 848. The van der Waals surface area contributed by atoms with Crippen molar-refractivity contribution in [2.75, 3.05) is 10.6 Å². The zero-order chi connectivity index (χ0) is 15.5. The Morgan fingerprint density at radius 3 is 2.64 bits per heavy atom. The zero-order valence-electron chi connectivity index (χ0n) is 11.9. The number of anilines is 2. The number of nitrogens with zero attached hydrogens (tertiary/aromatic N) is 1. The smallest absolute Gasteiger partial charge is 0.308 e. The number of carbonyl (C=O) groups excluding carboxylic acids is 1. The summed E-state index contributed by atoms with van der Waals surface area (Å²) >= 11 is 6.04. The molecule has 110 valence electrons. The fourth-order valence-electron chi connectivity index (χ4n) is 2.10. The highest BCUT2D eigenvalue weighted by atomic mass is 35.5. The molecule has 22 heavy (non-hydrogen) atoms. The number of benzene rings is 2. The average molecular weight is 312 g/mol. The molecule has 0 aliphatic rings. The van der Waals surface area contributed by atoms with Gasteiger partial charge in [-0.05, 0) is 36.8 Å². The third-order valence-electron chi connectivity index (χ3n) is 3.28. The van der Waals surface area contributed by atoms with Gasteiger partial charge in [0.1, 0.15) is 0 Å². The molecule has 0 atom stereocenters. The van der Waals surface area contributed by atoms with Crippen molar-refractivity contribution >= 4 is 39.9 Å². The highest BCUT2D eigenvalue weighted by molar-refractivity contribution is 6.31. The van der Waals surface area contributed by atoms with Gasteiger partial charge < -0.3 is 10.6 Å². The molecule has 0 radical (unpaired) electrons. The van der Waals surface area contributed by atoms with Gasteiger partial charge in [-0.1, -0.05) is 35.9 Å². The Hall–Kier alpha value is -2.59. The van der Waals surface area contributed by atoms with Crippen LogP contribution in [0.5, 0.6) is 0 Å². The van der Waals surface area contributed by atoms with E-state index in [1.807, 2.05) is 43.3 Å². The van der Waals surface area contributed by atoms with E-state index in [9.17, 15) is 4.79 Å². The third kappa shape index (κ3) is 3.18. The number of aromatic nitrogens is 1. The topological polar surface area (TPSA) is 54.0 Å². The quantitative estimate of drug-likeness (QED) is 0.711. The number of pyridine rings is 1. The number of nitrogens with one attached hydrogen (secondary N) is 2. The van der Waals surface area contributed by atoms with E-state index < -0.39 is 0 Å². The maximum absolute atomic E-state index is 12.0. The van der Waals surface area contributed by atoms with E-state index in [0.29, 0.717) is 16.4 Å². The maximum Gasteiger partial charge on any atom is 0.323 e. The third-order valence-corrected chi connectivity index (χ3v) is 3.69. The Labute approximate surface area is 133 Å². The standard InChI is InChI=1S/C17H14ClN3O/c1-11-6-7-13(9-15(11)18)20-17(22)21-14-8-12-4-2-3-5-16(12)19-10-14/h2-10H,1H3,(H2,20,21,22). The van der Waals surface area contributed by atoms with Crippen molar-refractivity contribution in [3.8, 4) is 0 Å². The molecule has 0 saturated heterocycles. The molecule has 2 amide bonds. The van der Waals surface area contributed by atoms with E-state index >= 15 is 0 Å². The highest BCUT2D eigenvalue weighted by Gasteiger charge is 2.05. The van der Waals surface area contributed by atoms with E-state index in [4.69, 9.17) is 11.6 Å². The Balaban J connectivity index is 1.73. The number of rotatable bonds is 2. The number of para-hydroxylation sites is 1. The van der Waals surface area contributed by atoms with Crippen LogP contribution < -0.4 is 10.6 Å². The zero-order valence-corrected chi connectivity index (χ0v) is 12.7. The molecule has 0 fully saturated rings. The lowest BCUT2D eigenvalue weighted by molar-refractivity contribution is 0.262. The van der Waals surface area contributed by atoms with Crippen molar-refractivity contribution < 1.29 is 4.79 Å². The Kier molecular flexibility index (Phi) is 3.94. The molecule has 3 rings (SSSR count). The monoisotopic (exact) mass is 311 g/mol. The molecule has 0 unspecified atom stereocenters. The molecule has 1 heterocycles. The van der Waals surface area contributed by atoms with Crippen molar-refractivity contribution in [3.63, 3.8) is 0 Å². The SMILES string of the molecule is Cc1ccc(NC(=O)Nc2cnc3ccccc3c2)cc1Cl. The first kappa shape index (κ1) is 14.4. The summed E-state index contributed by atoms with van der Waals surface area (Å²) in [4.78, 5) is 16.3. The van der Waals surface area contributed by atoms with Crippen LogP contribution in [0.3, 0.4) is 0 Å². The van der Waals surface area contributed by atoms with Crippen LogP contribution in [-0.2, 0) is 0 Å². The van der Waals surface area contributed by atoms with Crippen molar-refractivity contribution in [2.45, 2.75) is 6.92 Å². The molecule has 4 nitrogen and oxygen atoms in total. The van der Waals surface area contributed by atoms with Crippen molar-refractivity contribution in [1.82, 2.24) is 4.98 Å². The van der Waals surface area contributed by atoms with Crippen LogP contribution in [0.1, 0.15) is 5.56 Å². The summed E-state index contributed by atoms with van der Waals surface area (Å²) in [5.41, 5.74) is 3.13. The first-order chi connectivity index (χ1) is 10.6. The molecule has 0 aliphatic heterocycles. The first-order valence-corrected chi connectivity index (χ1v) is 7.18. The van der Waals surface area contributed by atoms with Crippen molar-refractivity contribution in [1.29, 1.82) is 0 Å². The van der Waals surface area contributed by atoms with Gasteiger partial charge in [0, 0.05) is 16.1 Å². The summed E-state index contributed by atoms with van der Waals surface area (Å²) < 4.78 is 0. The van der Waals surface area contributed by atoms with Crippen molar-refractivity contribution in [2.24, 2.45) is 0 Å². The second-order valence-electron chi connectivity index (χ2n) is 4.96. The summed E-state index contributed by atoms with van der Waals surface area (Å²) in [6, 6.07) is 14.7. The molecular formula is C17H14ClN3O. The fourth-order valence-corrected chi connectivity index (χ4v) is 2.28. The van der Waals surface area contributed by atoms with E-state index in [2.05, 4.69) is 15.6 Å². The van der Waals surface area contributed by atoms with Crippen LogP contribution in [0.4, 0.5) is 16.2 Å². The van der Waals surface area contributed by atoms with Gasteiger partial charge in [0.15, 0.2) is 0 Å². The predicted octanol–water partition coefficient (Wildman–Crippen LogP) is 4.84. The number of amides is 2. The fraction of sp³-hybridized carbons (Fsp3) is 0.0588. The highest BCUT2D eigenvalue weighted by Crippen LogP contribution is 2.20. The molecule has 0 spiro atoms. The number of hydrogen-bond acceptors (Lipinski definition) is 2. The molecule has 2 aromatic carbocycles. The second kappa shape index (κ2) is 6.03. The minimum atomic E-state index is -0.336. The van der Waals surface area contributed by atoms with Crippen LogP contribution in [0.25, 0.3) is 10.9 Å². The first-order valence-electron chi connectivity index (χ1n) is 6.81. The van der Waals surface area contributed by atoms with Gasteiger partial charge in [0.25, 0.3) is 0 Å². The summed E-state index contributed by atoms with van der Waals surface area (Å²) in [6.07, 6.45) is 1.63. The van der Waals surface area contributed by atoms with E-state index in [-0.39, 0.29) is 6.03 Å². The minimum Gasteiger partial charge on any atom is -0.308 e. The summed E-state index contributed by atoms with van der Waals surface area (Å²) in [7, 11) is 0. The van der Waals surface area contributed by atoms with Gasteiger partial charge in [-0.25, -0.2) is 4.79 Å². The molecule has 3 aromatic rings. The number of hydrogen-bond donors (Lipinski definition) is 2. The van der Waals surface area contributed by atoms with Crippen LogP contribution in [-0.4, -0.2) is 11.0 Å². The van der Waals surface area contributed by atoms with Gasteiger partial charge >= 0.3 is 6.03 Å². The molecule has 5 heteroatoms.